The first-order valence-corrected chi connectivity index (χ1v) is 15.2. The summed E-state index contributed by atoms with van der Waals surface area (Å²) in [6, 6.07) is 18.3. The third kappa shape index (κ3) is 6.09. The molecule has 9 nitrogen and oxygen atoms in total. The number of esters is 1. The monoisotopic (exact) mass is 572 g/mol. The van der Waals surface area contributed by atoms with Crippen molar-refractivity contribution in [1.29, 1.82) is 0 Å². The van der Waals surface area contributed by atoms with Gasteiger partial charge in [-0.15, -0.1) is 0 Å². The number of nitrogens with one attached hydrogen (secondary N) is 1. The second kappa shape index (κ2) is 12.1. The number of carbonyl (C=O) groups is 1. The molecule has 0 atom stereocenters. The Bertz CT molecular complexity index is 1730. The van der Waals surface area contributed by atoms with Crippen LogP contribution in [0.25, 0.3) is 22.2 Å². The molecule has 212 valence electrons. The predicted octanol–water partition coefficient (Wildman–Crippen LogP) is 5.73. The zero-order valence-corrected chi connectivity index (χ0v) is 23.9. The fourth-order valence-electron chi connectivity index (χ4n) is 5.01. The van der Waals surface area contributed by atoms with Gasteiger partial charge in [-0.25, -0.2) is 14.6 Å². The van der Waals surface area contributed by atoms with Gasteiger partial charge in [0.25, 0.3) is 16.1 Å². The number of methoxy groups -OCH3 is 1. The second-order valence-electron chi connectivity index (χ2n) is 10.2. The molecule has 1 N–H and O–H groups in total. The molecule has 0 aliphatic heterocycles. The van der Waals surface area contributed by atoms with E-state index >= 15 is 0 Å². The summed E-state index contributed by atoms with van der Waals surface area (Å²) in [4.78, 5) is 28.2. The van der Waals surface area contributed by atoms with E-state index in [4.69, 9.17) is 9.72 Å². The highest BCUT2D eigenvalue weighted by Gasteiger charge is 2.25. The Morgan fingerprint density at radius 3 is 2.56 bits per heavy atom. The van der Waals surface area contributed by atoms with Gasteiger partial charge >= 0.3 is 5.97 Å². The van der Waals surface area contributed by atoms with E-state index in [1.54, 1.807) is 12.1 Å². The van der Waals surface area contributed by atoms with E-state index < -0.39 is 16.0 Å². The summed E-state index contributed by atoms with van der Waals surface area (Å²) in [6.07, 6.45) is 6.13. The number of unbranched alkanes of at least 4 members (excludes halogenated alkanes) is 1. The van der Waals surface area contributed by atoms with Crippen molar-refractivity contribution < 1.29 is 22.7 Å². The smallest absolute Gasteiger partial charge is 0.340 e. The molecule has 0 bridgehead atoms. The van der Waals surface area contributed by atoms with Crippen molar-refractivity contribution in [3.05, 3.63) is 77.6 Å². The van der Waals surface area contributed by atoms with Crippen molar-refractivity contribution >= 4 is 38.8 Å². The number of imidazole rings is 1. The lowest BCUT2D eigenvalue weighted by Crippen LogP contribution is -2.10. The van der Waals surface area contributed by atoms with Gasteiger partial charge in [-0.1, -0.05) is 60.2 Å². The SMILES string of the molecule is CCCCc1nc2cccc(C(=O)OC)c2n1Cc1ccc(-c2cccc(S(=O)(=O)N=C=O)c2NCC2CC2)cc1. The van der Waals surface area contributed by atoms with E-state index in [2.05, 4.69) is 21.2 Å². The molecule has 4 aromatic rings. The lowest BCUT2D eigenvalue weighted by molar-refractivity contribution is 0.0602. The molecular formula is C31H32N4O5S. The number of isocyanates is 1. The Balaban J connectivity index is 1.53. The Hall–Kier alpha value is -4.27. The first kappa shape index (κ1) is 28.3. The van der Waals surface area contributed by atoms with Gasteiger partial charge in [0.15, 0.2) is 0 Å². The van der Waals surface area contributed by atoms with E-state index in [9.17, 15) is 18.0 Å². The van der Waals surface area contributed by atoms with E-state index in [0.717, 1.165) is 60.1 Å². The number of ether oxygens (including phenoxy) is 1. The molecule has 0 saturated heterocycles. The first-order chi connectivity index (χ1) is 19.9. The van der Waals surface area contributed by atoms with E-state index in [1.807, 2.05) is 42.5 Å². The summed E-state index contributed by atoms with van der Waals surface area (Å²) in [5, 5.41) is 3.30. The minimum atomic E-state index is -4.20. The summed E-state index contributed by atoms with van der Waals surface area (Å²) < 4.78 is 35.7. The van der Waals surface area contributed by atoms with E-state index in [1.165, 1.54) is 19.3 Å². The lowest BCUT2D eigenvalue weighted by atomic mass is 10.0. The predicted molar refractivity (Wildman–Crippen MR) is 157 cm³/mol. The number of sulfonamides is 1. The van der Waals surface area contributed by atoms with Crippen LogP contribution in [0.15, 0.2) is 70.0 Å². The number of fused-ring (bicyclic) bond motifs is 1. The highest BCUT2D eigenvalue weighted by Crippen LogP contribution is 2.37. The highest BCUT2D eigenvalue weighted by atomic mass is 32.2. The molecule has 1 saturated carbocycles. The Morgan fingerprint density at radius 1 is 1.12 bits per heavy atom. The Morgan fingerprint density at radius 2 is 1.88 bits per heavy atom. The van der Waals surface area contributed by atoms with Crippen molar-refractivity contribution in [2.75, 3.05) is 19.0 Å². The number of anilines is 1. The molecule has 41 heavy (non-hydrogen) atoms. The fourth-order valence-corrected chi connectivity index (χ4v) is 5.90. The fraction of sp³-hybridized carbons (Fsp3) is 0.323. The summed E-state index contributed by atoms with van der Waals surface area (Å²) in [5.41, 5.74) is 4.90. The zero-order valence-electron chi connectivity index (χ0n) is 23.1. The second-order valence-corrected chi connectivity index (χ2v) is 11.8. The first-order valence-electron chi connectivity index (χ1n) is 13.7. The molecule has 0 amide bonds. The standard InChI is InChI=1S/C31H32N4O5S/c1-3-4-11-28-34-26-9-5-8-25(31(37)40-2)30(26)35(28)19-22-14-16-23(17-15-22)24-7-6-10-27(41(38,39)33-20-36)29(24)32-18-21-12-13-21/h5-10,14-17,21,32H,3-4,11-13,18-19H2,1-2H3. The van der Waals surface area contributed by atoms with Crippen molar-refractivity contribution in [3.8, 4) is 11.1 Å². The molecule has 0 unspecified atom stereocenters. The number of aromatic nitrogens is 2. The maximum atomic E-state index is 12.7. The van der Waals surface area contributed by atoms with Gasteiger partial charge in [0.1, 0.15) is 10.7 Å². The highest BCUT2D eigenvalue weighted by molar-refractivity contribution is 7.90. The van der Waals surface area contributed by atoms with Crippen LogP contribution in [0.5, 0.6) is 0 Å². The van der Waals surface area contributed by atoms with Gasteiger partial charge < -0.3 is 14.6 Å². The topological polar surface area (TPSA) is 120 Å². The maximum absolute atomic E-state index is 12.7. The Labute approximate surface area is 239 Å². The van der Waals surface area contributed by atoms with Crippen LogP contribution in [0.1, 0.15) is 54.4 Å². The van der Waals surface area contributed by atoms with Crippen molar-refractivity contribution in [1.82, 2.24) is 9.55 Å². The van der Waals surface area contributed by atoms with Crippen LogP contribution in [0.3, 0.4) is 0 Å². The average molecular weight is 573 g/mol. The third-order valence-electron chi connectivity index (χ3n) is 7.34. The Kier molecular flexibility index (Phi) is 8.33. The van der Waals surface area contributed by atoms with Crippen LogP contribution in [-0.4, -0.2) is 43.7 Å². The van der Waals surface area contributed by atoms with Gasteiger partial charge in [-0.2, -0.15) is 8.42 Å². The molecule has 5 rings (SSSR count). The van der Waals surface area contributed by atoms with Crippen LogP contribution in [0.2, 0.25) is 0 Å². The number of carbonyl (C=O) groups excluding carboxylic acids is 2. The number of rotatable bonds is 12. The van der Waals surface area contributed by atoms with Crippen LogP contribution in [-0.2, 0) is 32.5 Å². The maximum Gasteiger partial charge on any atom is 0.340 e. The third-order valence-corrected chi connectivity index (χ3v) is 8.55. The van der Waals surface area contributed by atoms with Crippen molar-refractivity contribution in [2.45, 2.75) is 50.5 Å². The van der Waals surface area contributed by atoms with E-state index in [0.29, 0.717) is 35.8 Å². The van der Waals surface area contributed by atoms with Crippen molar-refractivity contribution in [3.63, 3.8) is 0 Å². The minimum absolute atomic E-state index is 0.0520. The summed E-state index contributed by atoms with van der Waals surface area (Å²) in [6.45, 7) is 3.27. The average Bonchev–Trinajstić information content (AvgIpc) is 3.75. The largest absolute Gasteiger partial charge is 0.465 e. The number of benzene rings is 3. The zero-order chi connectivity index (χ0) is 29.0. The lowest BCUT2D eigenvalue weighted by Gasteiger charge is -2.16. The van der Waals surface area contributed by atoms with Crippen molar-refractivity contribution in [2.24, 2.45) is 10.3 Å². The van der Waals surface area contributed by atoms with Crippen LogP contribution < -0.4 is 5.32 Å². The molecule has 1 heterocycles. The minimum Gasteiger partial charge on any atom is -0.465 e. The number of nitrogens with zero attached hydrogens (tertiary/aromatic N) is 3. The molecular weight excluding hydrogens is 540 g/mol. The molecule has 0 radical (unpaired) electrons. The van der Waals surface area contributed by atoms with Crippen LogP contribution in [0.4, 0.5) is 5.69 Å². The molecule has 3 aromatic carbocycles. The summed E-state index contributed by atoms with van der Waals surface area (Å²) in [5.74, 6) is 0.994. The van der Waals surface area contributed by atoms with Crippen LogP contribution in [0, 0.1) is 5.92 Å². The summed E-state index contributed by atoms with van der Waals surface area (Å²) in [7, 11) is -2.82. The van der Waals surface area contributed by atoms with E-state index in [-0.39, 0.29) is 4.90 Å². The number of hydrogen-bond donors (Lipinski definition) is 1. The molecule has 1 aliphatic carbocycles. The van der Waals surface area contributed by atoms with Gasteiger partial charge in [-0.05, 0) is 54.5 Å². The normalized spacial score (nSPS) is 13.1. The van der Waals surface area contributed by atoms with Gasteiger partial charge in [0.2, 0.25) is 0 Å². The van der Waals surface area contributed by atoms with Gasteiger partial charge in [0.05, 0.1) is 29.4 Å². The molecule has 1 fully saturated rings. The summed E-state index contributed by atoms with van der Waals surface area (Å²) >= 11 is 0. The number of hydrogen-bond acceptors (Lipinski definition) is 7. The molecule has 1 aromatic heterocycles. The van der Waals surface area contributed by atoms with Gasteiger partial charge in [0, 0.05) is 25.1 Å². The quantitative estimate of drug-likeness (QED) is 0.131. The molecule has 10 heteroatoms. The number of aryl methyl sites for hydroxylation is 1. The van der Waals surface area contributed by atoms with Crippen LogP contribution >= 0.6 is 0 Å². The number of para-hydroxylation sites is 2. The molecule has 0 spiro atoms. The molecule has 1 aliphatic rings. The van der Waals surface area contributed by atoms with Gasteiger partial charge in [-0.3, -0.25) is 0 Å².